The van der Waals surface area contributed by atoms with E-state index in [1.54, 1.807) is 27.8 Å². The SMILES string of the molecule is CCOC(=O)C1(C(=O)N(C)C)CCN(B(C)O)CC1. The number of nitrogens with zero attached hydrogens (tertiary/aromatic N) is 2. The molecule has 0 radical (unpaired) electrons. The predicted molar refractivity (Wildman–Crippen MR) is 72.4 cm³/mol. The highest BCUT2D eigenvalue weighted by molar-refractivity contribution is 6.45. The van der Waals surface area contributed by atoms with Gasteiger partial charge >= 0.3 is 13.0 Å². The average molecular weight is 270 g/mol. The van der Waals surface area contributed by atoms with Crippen molar-refractivity contribution in [3.8, 4) is 0 Å². The normalized spacial score (nSPS) is 18.8. The molecule has 0 bridgehead atoms. The molecule has 0 atom stereocenters. The Kier molecular flexibility index (Phi) is 5.37. The lowest BCUT2D eigenvalue weighted by Gasteiger charge is -2.40. The van der Waals surface area contributed by atoms with Crippen molar-refractivity contribution < 1.29 is 19.3 Å². The van der Waals surface area contributed by atoms with E-state index in [0.29, 0.717) is 25.9 Å². The lowest BCUT2D eigenvalue weighted by Crippen LogP contribution is -2.55. The van der Waals surface area contributed by atoms with Gasteiger partial charge in [0, 0.05) is 14.1 Å². The van der Waals surface area contributed by atoms with E-state index in [0.717, 1.165) is 0 Å². The van der Waals surface area contributed by atoms with Gasteiger partial charge in [-0.3, -0.25) is 9.59 Å². The van der Waals surface area contributed by atoms with Gasteiger partial charge in [-0.2, -0.15) is 0 Å². The Balaban J connectivity index is 2.91. The summed E-state index contributed by atoms with van der Waals surface area (Å²) in [5, 5.41) is 9.55. The summed E-state index contributed by atoms with van der Waals surface area (Å²) >= 11 is 0. The fourth-order valence-corrected chi connectivity index (χ4v) is 2.48. The topological polar surface area (TPSA) is 70.1 Å². The molecule has 0 aromatic carbocycles. The molecule has 1 N–H and O–H groups in total. The first-order chi connectivity index (χ1) is 8.85. The van der Waals surface area contributed by atoms with Crippen LogP contribution in [0.4, 0.5) is 0 Å². The Hall–Kier alpha value is -1.08. The number of hydrogen-bond donors (Lipinski definition) is 1. The van der Waals surface area contributed by atoms with Crippen LogP contribution in [0.3, 0.4) is 0 Å². The van der Waals surface area contributed by atoms with Crippen molar-refractivity contribution in [2.24, 2.45) is 5.41 Å². The summed E-state index contributed by atoms with van der Waals surface area (Å²) < 4.78 is 5.08. The molecule has 6 nitrogen and oxygen atoms in total. The van der Waals surface area contributed by atoms with Gasteiger partial charge in [0.25, 0.3) is 0 Å². The molecule has 0 saturated carbocycles. The van der Waals surface area contributed by atoms with Crippen LogP contribution in [0.2, 0.25) is 6.82 Å². The van der Waals surface area contributed by atoms with E-state index in [-0.39, 0.29) is 12.5 Å². The third-order valence-corrected chi connectivity index (χ3v) is 3.66. The fraction of sp³-hybridized carbons (Fsp3) is 0.833. The van der Waals surface area contributed by atoms with E-state index in [2.05, 4.69) is 0 Å². The molecular weight excluding hydrogens is 247 g/mol. The van der Waals surface area contributed by atoms with Crippen LogP contribution in [0.15, 0.2) is 0 Å². The minimum absolute atomic E-state index is 0.212. The first-order valence-corrected chi connectivity index (χ1v) is 6.66. The highest BCUT2D eigenvalue weighted by Crippen LogP contribution is 2.35. The minimum Gasteiger partial charge on any atom is -0.465 e. The van der Waals surface area contributed by atoms with Crippen molar-refractivity contribution in [2.75, 3.05) is 33.8 Å². The van der Waals surface area contributed by atoms with Crippen LogP contribution >= 0.6 is 0 Å². The van der Waals surface area contributed by atoms with E-state index in [4.69, 9.17) is 4.74 Å². The van der Waals surface area contributed by atoms with Crippen molar-refractivity contribution in [2.45, 2.75) is 26.6 Å². The summed E-state index contributed by atoms with van der Waals surface area (Å²) in [7, 11) is 2.73. The highest BCUT2D eigenvalue weighted by Gasteiger charge is 2.50. The van der Waals surface area contributed by atoms with Crippen molar-refractivity contribution in [1.29, 1.82) is 0 Å². The Morgan fingerprint density at radius 1 is 1.37 bits per heavy atom. The van der Waals surface area contributed by atoms with Gasteiger partial charge in [-0.15, -0.1) is 0 Å². The van der Waals surface area contributed by atoms with Crippen LogP contribution in [0.25, 0.3) is 0 Å². The van der Waals surface area contributed by atoms with Gasteiger partial charge in [0.2, 0.25) is 5.91 Å². The van der Waals surface area contributed by atoms with Crippen LogP contribution in [-0.4, -0.2) is 67.5 Å². The predicted octanol–water partition coefficient (Wildman–Crippen LogP) is -0.170. The van der Waals surface area contributed by atoms with Crippen LogP contribution in [0.1, 0.15) is 19.8 Å². The van der Waals surface area contributed by atoms with Crippen LogP contribution in [0, 0.1) is 5.41 Å². The molecule has 108 valence electrons. The lowest BCUT2D eigenvalue weighted by atomic mass is 9.73. The second kappa shape index (κ2) is 6.39. The molecule has 0 aromatic heterocycles. The number of ether oxygens (including phenoxy) is 1. The molecule has 7 heteroatoms. The molecule has 1 heterocycles. The third-order valence-electron chi connectivity index (χ3n) is 3.66. The van der Waals surface area contributed by atoms with Crippen molar-refractivity contribution >= 4 is 18.9 Å². The number of piperidine rings is 1. The molecular formula is C12H23BN2O4. The molecule has 1 aliphatic heterocycles. The molecule has 1 aliphatic rings. The van der Waals surface area contributed by atoms with Crippen molar-refractivity contribution in [3.05, 3.63) is 0 Å². The summed E-state index contributed by atoms with van der Waals surface area (Å²) in [5.41, 5.74) is -1.09. The molecule has 1 amide bonds. The monoisotopic (exact) mass is 270 g/mol. The molecule has 1 rings (SSSR count). The zero-order valence-electron chi connectivity index (χ0n) is 12.2. The van der Waals surface area contributed by atoms with Gasteiger partial charge in [0.05, 0.1) is 6.61 Å². The minimum atomic E-state index is -1.09. The molecule has 19 heavy (non-hydrogen) atoms. The van der Waals surface area contributed by atoms with E-state index < -0.39 is 18.4 Å². The van der Waals surface area contributed by atoms with Crippen LogP contribution in [0.5, 0.6) is 0 Å². The van der Waals surface area contributed by atoms with Crippen LogP contribution in [-0.2, 0) is 14.3 Å². The largest absolute Gasteiger partial charge is 0.465 e. The molecule has 0 aromatic rings. The summed E-state index contributed by atoms with van der Waals surface area (Å²) in [6, 6.07) is 0. The molecule has 1 fully saturated rings. The Labute approximate surface area is 114 Å². The van der Waals surface area contributed by atoms with E-state index in [9.17, 15) is 14.6 Å². The van der Waals surface area contributed by atoms with Gasteiger partial charge in [-0.1, -0.05) is 0 Å². The lowest BCUT2D eigenvalue weighted by molar-refractivity contribution is -0.167. The first-order valence-electron chi connectivity index (χ1n) is 6.66. The second-order valence-electron chi connectivity index (χ2n) is 5.17. The van der Waals surface area contributed by atoms with Gasteiger partial charge in [0.1, 0.15) is 5.41 Å². The van der Waals surface area contributed by atoms with Gasteiger partial charge < -0.3 is 19.5 Å². The molecule has 1 saturated heterocycles. The molecule has 0 unspecified atom stereocenters. The maximum absolute atomic E-state index is 12.4. The number of carbonyl (C=O) groups is 2. The second-order valence-corrected chi connectivity index (χ2v) is 5.17. The molecule has 0 aliphatic carbocycles. The van der Waals surface area contributed by atoms with Gasteiger partial charge in [0.15, 0.2) is 0 Å². The highest BCUT2D eigenvalue weighted by atomic mass is 16.5. The zero-order valence-corrected chi connectivity index (χ0v) is 12.2. The standard InChI is InChI=1S/C12H23BN2O4/c1-5-19-11(17)12(10(16)14(3)4)6-8-15(9-7-12)13(2)18/h18H,5-9H2,1-4H3. The summed E-state index contributed by atoms with van der Waals surface area (Å²) in [4.78, 5) is 27.8. The number of hydrogen-bond acceptors (Lipinski definition) is 5. The maximum Gasteiger partial charge on any atom is 0.376 e. The summed E-state index contributed by atoms with van der Waals surface area (Å²) in [6.07, 6.45) is 0.765. The van der Waals surface area contributed by atoms with Gasteiger partial charge in [-0.25, -0.2) is 0 Å². The van der Waals surface area contributed by atoms with Crippen LogP contribution < -0.4 is 0 Å². The zero-order chi connectivity index (χ0) is 14.6. The fourth-order valence-electron chi connectivity index (χ4n) is 2.48. The summed E-state index contributed by atoms with van der Waals surface area (Å²) in [5.74, 6) is -0.657. The maximum atomic E-state index is 12.4. The van der Waals surface area contributed by atoms with E-state index >= 15 is 0 Å². The van der Waals surface area contributed by atoms with Crippen molar-refractivity contribution in [3.63, 3.8) is 0 Å². The third kappa shape index (κ3) is 3.28. The summed E-state index contributed by atoms with van der Waals surface area (Å²) in [6.45, 7) is 4.70. The Bertz CT molecular complexity index is 339. The Morgan fingerprint density at radius 3 is 2.26 bits per heavy atom. The quantitative estimate of drug-likeness (QED) is 0.436. The smallest absolute Gasteiger partial charge is 0.376 e. The van der Waals surface area contributed by atoms with E-state index in [1.807, 2.05) is 4.81 Å². The molecule has 0 spiro atoms. The first kappa shape index (κ1) is 16.0. The Morgan fingerprint density at radius 2 is 1.89 bits per heavy atom. The van der Waals surface area contributed by atoms with Gasteiger partial charge in [-0.05, 0) is 39.7 Å². The number of carbonyl (C=O) groups excluding carboxylic acids is 2. The number of rotatable bonds is 4. The van der Waals surface area contributed by atoms with E-state index in [1.165, 1.54) is 4.90 Å². The van der Waals surface area contributed by atoms with Crippen molar-refractivity contribution in [1.82, 2.24) is 9.71 Å². The number of esters is 1. The number of amides is 1. The average Bonchev–Trinajstić information content (AvgIpc) is 2.37.